The Balaban J connectivity index is 1.41. The van der Waals surface area contributed by atoms with Gasteiger partial charge in [-0.2, -0.15) is 10.4 Å². The second kappa shape index (κ2) is 7.36. The third kappa shape index (κ3) is 3.24. The maximum absolute atomic E-state index is 11.4. The molecule has 0 spiro atoms. The van der Waals surface area contributed by atoms with Crippen LogP contribution in [0.4, 0.5) is 10.6 Å². The van der Waals surface area contributed by atoms with Crippen LogP contribution in [-0.4, -0.2) is 38.5 Å². The molecule has 3 unspecified atom stereocenters. The maximum Gasteiger partial charge on any atom is 0.407 e. The number of amides is 1. The number of nitrogens with two attached hydrogens (primary N) is 1. The number of aromatic nitrogens is 2. The molecule has 2 bridgehead atoms. The van der Waals surface area contributed by atoms with Crippen LogP contribution in [0.1, 0.15) is 24.4 Å². The summed E-state index contributed by atoms with van der Waals surface area (Å²) in [4.78, 5) is 12.9. The first-order chi connectivity index (χ1) is 15.0. The fourth-order valence-corrected chi connectivity index (χ4v) is 4.78. The van der Waals surface area contributed by atoms with Crippen LogP contribution in [0.3, 0.4) is 0 Å². The lowest BCUT2D eigenvalue weighted by Gasteiger charge is -2.30. The molecule has 3 N–H and O–H groups in total. The number of rotatable bonds is 4. The summed E-state index contributed by atoms with van der Waals surface area (Å²) in [6.07, 6.45) is 0.589. The van der Waals surface area contributed by atoms with Crippen LogP contribution in [0, 0.1) is 17.2 Å². The van der Waals surface area contributed by atoms with Crippen molar-refractivity contribution in [1.29, 1.82) is 5.26 Å². The van der Waals surface area contributed by atoms with Crippen LogP contribution >= 0.6 is 0 Å². The number of hydrogen-bond donors (Lipinski definition) is 2. The molecule has 1 aliphatic carbocycles. The molecule has 1 aromatic heterocycles. The molecule has 2 heterocycles. The number of para-hydroxylation sites is 1. The molecule has 8 heteroatoms. The minimum atomic E-state index is -0.879. The third-order valence-electron chi connectivity index (χ3n) is 6.23. The molecule has 156 valence electrons. The number of hydrogen-bond acceptors (Lipinski definition) is 5. The normalized spacial score (nSPS) is 21.8. The molecule has 5 rings (SSSR count). The van der Waals surface area contributed by atoms with Gasteiger partial charge in [0.15, 0.2) is 0 Å². The van der Waals surface area contributed by atoms with Crippen molar-refractivity contribution in [3.8, 4) is 28.8 Å². The summed E-state index contributed by atoms with van der Waals surface area (Å²) in [7, 11) is 0. The molecule has 3 atom stereocenters. The Morgan fingerprint density at radius 1 is 1.13 bits per heavy atom. The first-order valence-corrected chi connectivity index (χ1v) is 10.2. The van der Waals surface area contributed by atoms with Gasteiger partial charge in [0.2, 0.25) is 0 Å². The van der Waals surface area contributed by atoms with Gasteiger partial charge in [0.25, 0.3) is 0 Å². The Morgan fingerprint density at radius 2 is 1.84 bits per heavy atom. The van der Waals surface area contributed by atoms with E-state index < -0.39 is 6.09 Å². The van der Waals surface area contributed by atoms with Crippen molar-refractivity contribution < 1.29 is 14.6 Å². The predicted molar refractivity (Wildman–Crippen MR) is 114 cm³/mol. The van der Waals surface area contributed by atoms with Crippen molar-refractivity contribution >= 4 is 11.9 Å². The molecule has 1 aliphatic heterocycles. The Labute approximate surface area is 179 Å². The number of fused-ring (bicyclic) bond motifs is 2. The van der Waals surface area contributed by atoms with Crippen LogP contribution in [0.25, 0.3) is 11.3 Å². The Hall–Kier alpha value is -3.99. The van der Waals surface area contributed by atoms with Gasteiger partial charge in [-0.15, -0.1) is 0 Å². The fourth-order valence-electron chi connectivity index (χ4n) is 4.78. The van der Waals surface area contributed by atoms with E-state index in [0.717, 1.165) is 17.7 Å². The molecular formula is C23H21N5O3. The van der Waals surface area contributed by atoms with Crippen LogP contribution in [-0.2, 0) is 0 Å². The molecule has 1 saturated carbocycles. The highest BCUT2D eigenvalue weighted by atomic mass is 16.5. The summed E-state index contributed by atoms with van der Waals surface area (Å²) >= 11 is 0. The minimum Gasteiger partial charge on any atom is -0.465 e. The number of ether oxygens (including phenoxy) is 1. The molecule has 1 amide bonds. The first kappa shape index (κ1) is 19.0. The summed E-state index contributed by atoms with van der Waals surface area (Å²) in [6, 6.07) is 19.1. The Bertz CT molecular complexity index is 1170. The summed E-state index contributed by atoms with van der Waals surface area (Å²) in [5.74, 6) is 1.92. The SMILES string of the molecule is N#Cc1c(-c2ccc(Oc3ccccc3)cc2)nn(C2CC3CC2CN3C(=O)O)c1N. The van der Waals surface area contributed by atoms with Gasteiger partial charge in [-0.3, -0.25) is 0 Å². The van der Waals surface area contributed by atoms with Crippen LogP contribution in [0.5, 0.6) is 11.5 Å². The lowest BCUT2D eigenvalue weighted by Crippen LogP contribution is -2.40. The smallest absolute Gasteiger partial charge is 0.407 e. The van der Waals surface area contributed by atoms with Crippen molar-refractivity contribution in [1.82, 2.24) is 14.7 Å². The Kier molecular flexibility index (Phi) is 4.51. The molecule has 31 heavy (non-hydrogen) atoms. The molecule has 2 aliphatic rings. The zero-order valence-electron chi connectivity index (χ0n) is 16.7. The van der Waals surface area contributed by atoms with E-state index in [1.54, 1.807) is 4.68 Å². The first-order valence-electron chi connectivity index (χ1n) is 10.2. The molecule has 0 radical (unpaired) electrons. The van der Waals surface area contributed by atoms with Gasteiger partial charge in [0.1, 0.15) is 34.6 Å². The van der Waals surface area contributed by atoms with Gasteiger partial charge in [0, 0.05) is 24.1 Å². The molecule has 2 aromatic carbocycles. The summed E-state index contributed by atoms with van der Waals surface area (Å²) in [5.41, 5.74) is 7.96. The molecular weight excluding hydrogens is 394 g/mol. The van der Waals surface area contributed by atoms with Crippen molar-refractivity contribution in [3.05, 3.63) is 60.2 Å². The average Bonchev–Trinajstić information content (AvgIpc) is 3.47. The van der Waals surface area contributed by atoms with E-state index in [9.17, 15) is 15.2 Å². The van der Waals surface area contributed by atoms with Gasteiger partial charge < -0.3 is 20.5 Å². The van der Waals surface area contributed by atoms with Gasteiger partial charge in [-0.05, 0) is 49.2 Å². The van der Waals surface area contributed by atoms with E-state index in [0.29, 0.717) is 35.8 Å². The topological polar surface area (TPSA) is 117 Å². The van der Waals surface area contributed by atoms with E-state index in [4.69, 9.17) is 15.6 Å². The number of nitriles is 1. The highest BCUT2D eigenvalue weighted by molar-refractivity contribution is 5.73. The number of benzene rings is 2. The van der Waals surface area contributed by atoms with Gasteiger partial charge in [-0.25, -0.2) is 9.48 Å². The van der Waals surface area contributed by atoms with Crippen molar-refractivity contribution in [2.24, 2.45) is 5.92 Å². The highest BCUT2D eigenvalue weighted by Crippen LogP contribution is 2.46. The highest BCUT2D eigenvalue weighted by Gasteiger charge is 2.48. The van der Waals surface area contributed by atoms with Crippen LogP contribution in [0.15, 0.2) is 54.6 Å². The van der Waals surface area contributed by atoms with E-state index in [2.05, 4.69) is 6.07 Å². The van der Waals surface area contributed by atoms with Gasteiger partial charge >= 0.3 is 6.09 Å². The van der Waals surface area contributed by atoms with E-state index in [1.807, 2.05) is 54.6 Å². The fraction of sp³-hybridized carbons (Fsp3) is 0.261. The minimum absolute atomic E-state index is 0.00198. The number of nitrogens with zero attached hydrogens (tertiary/aromatic N) is 4. The monoisotopic (exact) mass is 415 g/mol. The molecule has 2 fully saturated rings. The summed E-state index contributed by atoms with van der Waals surface area (Å²) in [6.45, 7) is 0.479. The quantitative estimate of drug-likeness (QED) is 0.662. The zero-order chi connectivity index (χ0) is 21.5. The number of likely N-dealkylation sites (tertiary alicyclic amines) is 1. The van der Waals surface area contributed by atoms with E-state index in [1.165, 1.54) is 4.90 Å². The van der Waals surface area contributed by atoms with Crippen molar-refractivity contribution in [3.63, 3.8) is 0 Å². The maximum atomic E-state index is 11.4. The third-order valence-corrected chi connectivity index (χ3v) is 6.23. The molecule has 3 aromatic rings. The van der Waals surface area contributed by atoms with Gasteiger partial charge in [0.05, 0.1) is 6.04 Å². The van der Waals surface area contributed by atoms with E-state index in [-0.39, 0.29) is 18.0 Å². The second-order valence-corrected chi connectivity index (χ2v) is 7.99. The second-order valence-electron chi connectivity index (χ2n) is 7.99. The number of piperidine rings is 1. The largest absolute Gasteiger partial charge is 0.465 e. The standard InChI is InChI=1S/C23H21N5O3/c24-12-19-21(14-6-8-18(9-7-14)31-17-4-2-1-3-5-17)26-28(22(19)25)20-11-16-10-15(20)13-27(16)23(29)30/h1-9,15-16,20H,10-11,13,25H2,(H,29,30). The summed E-state index contributed by atoms with van der Waals surface area (Å²) < 4.78 is 7.56. The lowest BCUT2D eigenvalue weighted by molar-refractivity contribution is 0.120. The average molecular weight is 415 g/mol. The lowest BCUT2D eigenvalue weighted by atomic mass is 10.0. The van der Waals surface area contributed by atoms with E-state index >= 15 is 0 Å². The number of anilines is 1. The predicted octanol–water partition coefficient (Wildman–Crippen LogP) is 4.11. The molecule has 8 nitrogen and oxygen atoms in total. The zero-order valence-corrected chi connectivity index (χ0v) is 16.7. The van der Waals surface area contributed by atoms with Crippen molar-refractivity contribution in [2.75, 3.05) is 12.3 Å². The summed E-state index contributed by atoms with van der Waals surface area (Å²) in [5, 5.41) is 23.7. The van der Waals surface area contributed by atoms with Gasteiger partial charge in [-0.1, -0.05) is 18.2 Å². The van der Waals surface area contributed by atoms with Crippen molar-refractivity contribution in [2.45, 2.75) is 24.9 Å². The number of nitrogen functional groups attached to an aromatic ring is 1. The number of carboxylic acid groups (broad SMARTS) is 1. The number of carbonyl (C=O) groups is 1. The van der Waals surface area contributed by atoms with Crippen LogP contribution in [0.2, 0.25) is 0 Å². The molecule has 1 saturated heterocycles. The Morgan fingerprint density at radius 3 is 2.45 bits per heavy atom. The van der Waals surface area contributed by atoms with Crippen LogP contribution < -0.4 is 10.5 Å².